The second-order valence-electron chi connectivity index (χ2n) is 7.05. The fourth-order valence-electron chi connectivity index (χ4n) is 3.01. The standard InChI is InChI=1S/C17H22N2O3/c1-17(2,3)22-16(21)19-7-6-13(10-19)11-4-5-12-9-15(20)18-14(12)8-11/h4-5,8,13H,6-7,9-10H2,1-3H3,(H,18,20). The molecule has 5 heteroatoms. The number of nitrogens with one attached hydrogen (secondary N) is 1. The smallest absolute Gasteiger partial charge is 0.410 e. The molecular formula is C17H22N2O3. The van der Waals surface area contributed by atoms with E-state index < -0.39 is 5.60 Å². The van der Waals surface area contributed by atoms with Crippen LogP contribution in [0.2, 0.25) is 0 Å². The van der Waals surface area contributed by atoms with Crippen molar-refractivity contribution in [2.24, 2.45) is 0 Å². The average Bonchev–Trinajstić information content (AvgIpc) is 3.00. The summed E-state index contributed by atoms with van der Waals surface area (Å²) in [4.78, 5) is 25.3. The Hall–Kier alpha value is -2.04. The van der Waals surface area contributed by atoms with Crippen molar-refractivity contribution in [2.75, 3.05) is 18.4 Å². The van der Waals surface area contributed by atoms with Gasteiger partial charge in [0.25, 0.3) is 0 Å². The summed E-state index contributed by atoms with van der Waals surface area (Å²) in [6.45, 7) is 7.01. The number of hydrogen-bond donors (Lipinski definition) is 1. The first-order valence-corrected chi connectivity index (χ1v) is 7.72. The van der Waals surface area contributed by atoms with Gasteiger partial charge in [-0.2, -0.15) is 0 Å². The number of benzene rings is 1. The predicted octanol–water partition coefficient (Wildman–Crippen LogP) is 2.91. The Morgan fingerprint density at radius 1 is 1.36 bits per heavy atom. The van der Waals surface area contributed by atoms with Crippen molar-refractivity contribution in [3.05, 3.63) is 29.3 Å². The van der Waals surface area contributed by atoms with Crippen LogP contribution in [0.5, 0.6) is 0 Å². The van der Waals surface area contributed by atoms with Gasteiger partial charge in [-0.1, -0.05) is 12.1 Å². The number of likely N-dealkylation sites (tertiary alicyclic amines) is 1. The summed E-state index contributed by atoms with van der Waals surface area (Å²) in [6, 6.07) is 6.13. The molecule has 0 spiro atoms. The highest BCUT2D eigenvalue weighted by atomic mass is 16.6. The summed E-state index contributed by atoms with van der Waals surface area (Å²) in [5.41, 5.74) is 2.67. The van der Waals surface area contributed by atoms with Gasteiger partial charge < -0.3 is 15.0 Å². The third kappa shape index (κ3) is 3.08. The first-order chi connectivity index (χ1) is 10.3. The molecule has 22 heavy (non-hydrogen) atoms. The molecule has 5 nitrogen and oxygen atoms in total. The fraction of sp³-hybridized carbons (Fsp3) is 0.529. The van der Waals surface area contributed by atoms with Gasteiger partial charge in [0.05, 0.1) is 6.42 Å². The lowest BCUT2D eigenvalue weighted by atomic mass is 9.96. The van der Waals surface area contributed by atoms with Crippen LogP contribution in [0.25, 0.3) is 0 Å². The number of carbonyl (C=O) groups is 2. The molecule has 1 unspecified atom stereocenters. The predicted molar refractivity (Wildman–Crippen MR) is 83.9 cm³/mol. The maximum absolute atomic E-state index is 12.1. The molecule has 1 fully saturated rings. The van der Waals surface area contributed by atoms with Gasteiger partial charge in [0.2, 0.25) is 5.91 Å². The minimum Gasteiger partial charge on any atom is -0.444 e. The molecule has 2 amide bonds. The Morgan fingerprint density at radius 3 is 2.86 bits per heavy atom. The van der Waals surface area contributed by atoms with Gasteiger partial charge in [-0.25, -0.2) is 4.79 Å². The molecule has 0 bridgehead atoms. The Labute approximate surface area is 130 Å². The van der Waals surface area contributed by atoms with E-state index in [-0.39, 0.29) is 12.0 Å². The van der Waals surface area contributed by atoms with E-state index in [1.54, 1.807) is 4.90 Å². The number of nitrogens with zero attached hydrogens (tertiary/aromatic N) is 1. The normalized spacial score (nSPS) is 20.8. The fourth-order valence-corrected chi connectivity index (χ4v) is 3.01. The first kappa shape index (κ1) is 14.9. The van der Waals surface area contributed by atoms with E-state index in [1.807, 2.05) is 32.9 Å². The van der Waals surface area contributed by atoms with Crippen LogP contribution in [0, 0.1) is 0 Å². The van der Waals surface area contributed by atoms with Crippen molar-refractivity contribution in [2.45, 2.75) is 45.1 Å². The van der Waals surface area contributed by atoms with Gasteiger partial charge in [0, 0.05) is 24.7 Å². The van der Waals surface area contributed by atoms with E-state index >= 15 is 0 Å². The lowest BCUT2D eigenvalue weighted by Crippen LogP contribution is -2.35. The lowest BCUT2D eigenvalue weighted by molar-refractivity contribution is -0.115. The SMILES string of the molecule is CC(C)(C)OC(=O)N1CCC(c2ccc3c(c2)NC(=O)C3)C1. The van der Waals surface area contributed by atoms with Crippen molar-refractivity contribution in [3.8, 4) is 0 Å². The maximum atomic E-state index is 12.1. The summed E-state index contributed by atoms with van der Waals surface area (Å²) in [5, 5.41) is 2.88. The zero-order valence-corrected chi connectivity index (χ0v) is 13.3. The van der Waals surface area contributed by atoms with Gasteiger partial charge in [0.1, 0.15) is 5.60 Å². The Kier molecular flexibility index (Phi) is 3.59. The highest BCUT2D eigenvalue weighted by Gasteiger charge is 2.31. The molecule has 2 heterocycles. The Balaban J connectivity index is 1.67. The first-order valence-electron chi connectivity index (χ1n) is 7.72. The second kappa shape index (κ2) is 5.30. The molecule has 1 saturated heterocycles. The van der Waals surface area contributed by atoms with Crippen molar-refractivity contribution in [1.82, 2.24) is 4.90 Å². The van der Waals surface area contributed by atoms with Gasteiger partial charge in [-0.15, -0.1) is 0 Å². The molecule has 0 saturated carbocycles. The molecule has 0 radical (unpaired) electrons. The zero-order chi connectivity index (χ0) is 15.9. The van der Waals surface area contributed by atoms with E-state index in [9.17, 15) is 9.59 Å². The third-order valence-electron chi connectivity index (χ3n) is 4.07. The molecular weight excluding hydrogens is 280 g/mol. The van der Waals surface area contributed by atoms with Gasteiger partial charge in [0.15, 0.2) is 0 Å². The van der Waals surface area contributed by atoms with Gasteiger partial charge in [-0.05, 0) is 44.4 Å². The highest BCUT2D eigenvalue weighted by Crippen LogP contribution is 2.32. The van der Waals surface area contributed by atoms with Crippen molar-refractivity contribution in [1.29, 1.82) is 0 Å². The van der Waals surface area contributed by atoms with Crippen LogP contribution in [0.1, 0.15) is 44.2 Å². The minimum atomic E-state index is -0.465. The van der Waals surface area contributed by atoms with E-state index in [2.05, 4.69) is 11.4 Å². The number of ether oxygens (including phenoxy) is 1. The Bertz CT molecular complexity index is 619. The molecule has 2 aliphatic heterocycles. The summed E-state index contributed by atoms with van der Waals surface area (Å²) < 4.78 is 5.42. The van der Waals surface area contributed by atoms with E-state index in [1.165, 1.54) is 5.56 Å². The van der Waals surface area contributed by atoms with Gasteiger partial charge in [-0.3, -0.25) is 4.79 Å². The molecule has 1 atom stereocenters. The number of amides is 2. The van der Waals surface area contributed by atoms with Gasteiger partial charge >= 0.3 is 6.09 Å². The molecule has 1 N–H and O–H groups in total. The van der Waals surface area contributed by atoms with E-state index in [0.717, 1.165) is 17.7 Å². The number of hydrogen-bond acceptors (Lipinski definition) is 3. The zero-order valence-electron chi connectivity index (χ0n) is 13.3. The van der Waals surface area contributed by atoms with Crippen LogP contribution in [0.4, 0.5) is 10.5 Å². The number of fused-ring (bicyclic) bond motifs is 1. The third-order valence-corrected chi connectivity index (χ3v) is 4.07. The second-order valence-corrected chi connectivity index (χ2v) is 7.05. The molecule has 1 aromatic carbocycles. The Morgan fingerprint density at radius 2 is 2.14 bits per heavy atom. The monoisotopic (exact) mass is 302 g/mol. The number of anilines is 1. The van der Waals surface area contributed by atoms with Crippen LogP contribution >= 0.6 is 0 Å². The summed E-state index contributed by atoms with van der Waals surface area (Å²) in [5.74, 6) is 0.351. The molecule has 2 aliphatic rings. The van der Waals surface area contributed by atoms with Crippen LogP contribution < -0.4 is 5.32 Å². The number of carbonyl (C=O) groups excluding carboxylic acids is 2. The molecule has 3 rings (SSSR count). The highest BCUT2D eigenvalue weighted by molar-refractivity contribution is 5.99. The summed E-state index contributed by atoms with van der Waals surface area (Å²) >= 11 is 0. The van der Waals surface area contributed by atoms with E-state index in [0.29, 0.717) is 25.4 Å². The number of rotatable bonds is 1. The van der Waals surface area contributed by atoms with Crippen LogP contribution in [0.3, 0.4) is 0 Å². The van der Waals surface area contributed by atoms with Crippen molar-refractivity contribution >= 4 is 17.7 Å². The van der Waals surface area contributed by atoms with Crippen LogP contribution in [-0.2, 0) is 16.0 Å². The quantitative estimate of drug-likeness (QED) is 0.867. The molecule has 0 aliphatic carbocycles. The molecule has 1 aromatic rings. The topological polar surface area (TPSA) is 58.6 Å². The molecule has 118 valence electrons. The average molecular weight is 302 g/mol. The van der Waals surface area contributed by atoms with Crippen LogP contribution in [-0.4, -0.2) is 35.6 Å². The lowest BCUT2D eigenvalue weighted by Gasteiger charge is -2.24. The van der Waals surface area contributed by atoms with Crippen molar-refractivity contribution < 1.29 is 14.3 Å². The molecule has 0 aromatic heterocycles. The largest absolute Gasteiger partial charge is 0.444 e. The summed E-state index contributed by atoms with van der Waals surface area (Å²) in [6.07, 6.45) is 1.14. The van der Waals surface area contributed by atoms with Crippen LogP contribution in [0.15, 0.2) is 18.2 Å². The van der Waals surface area contributed by atoms with E-state index in [4.69, 9.17) is 4.74 Å². The maximum Gasteiger partial charge on any atom is 0.410 e. The summed E-state index contributed by atoms with van der Waals surface area (Å²) in [7, 11) is 0. The minimum absolute atomic E-state index is 0.0500. The van der Waals surface area contributed by atoms with Crippen molar-refractivity contribution in [3.63, 3.8) is 0 Å².